The Morgan fingerprint density at radius 3 is 1.48 bits per heavy atom. The first kappa shape index (κ1) is 22.8. The van der Waals surface area contributed by atoms with E-state index in [1.165, 1.54) is 13.8 Å². The van der Waals surface area contributed by atoms with Gasteiger partial charge in [0.15, 0.2) is 0 Å². The third-order valence-electron chi connectivity index (χ3n) is 3.93. The molecule has 0 spiro atoms. The maximum atomic E-state index is 13.6. The van der Waals surface area contributed by atoms with Gasteiger partial charge in [-0.05, 0) is 12.3 Å². The SMILES string of the molecule is COC(=O)C1=C(C(F)(F)F)N(C)C(C(F)(F)F)=C(C(=O)OC)C1CC(C)C. The van der Waals surface area contributed by atoms with Crippen LogP contribution in [0.25, 0.3) is 0 Å². The van der Waals surface area contributed by atoms with Crippen molar-refractivity contribution in [3.63, 3.8) is 0 Å². The lowest BCUT2D eigenvalue weighted by atomic mass is 9.79. The molecule has 0 aromatic rings. The fourth-order valence-corrected chi connectivity index (χ4v) is 3.04. The molecule has 0 radical (unpaired) electrons. The largest absolute Gasteiger partial charge is 0.466 e. The number of carbonyl (C=O) groups excluding carboxylic acids is 2. The first-order valence-corrected chi connectivity index (χ1v) is 7.71. The van der Waals surface area contributed by atoms with Crippen LogP contribution in [0.4, 0.5) is 26.3 Å². The van der Waals surface area contributed by atoms with Crippen molar-refractivity contribution in [1.82, 2.24) is 4.90 Å². The highest BCUT2D eigenvalue weighted by Gasteiger charge is 2.55. The van der Waals surface area contributed by atoms with Crippen LogP contribution in [0.15, 0.2) is 22.5 Å². The van der Waals surface area contributed by atoms with E-state index in [9.17, 15) is 35.9 Å². The predicted molar refractivity (Wildman–Crippen MR) is 80.9 cm³/mol. The van der Waals surface area contributed by atoms with E-state index in [0.717, 1.165) is 14.2 Å². The predicted octanol–water partition coefficient (Wildman–Crippen LogP) is 3.57. The highest BCUT2D eigenvalue weighted by Crippen LogP contribution is 2.48. The molecule has 154 valence electrons. The number of carbonyl (C=O) groups is 2. The highest BCUT2D eigenvalue weighted by atomic mass is 19.4. The number of halogens is 6. The van der Waals surface area contributed by atoms with E-state index in [2.05, 4.69) is 9.47 Å². The minimum atomic E-state index is -5.30. The van der Waals surface area contributed by atoms with Crippen LogP contribution in [0.5, 0.6) is 0 Å². The van der Waals surface area contributed by atoms with Crippen LogP contribution in [0, 0.1) is 11.8 Å². The Kier molecular flexibility index (Phi) is 6.61. The molecule has 0 bridgehead atoms. The summed E-state index contributed by atoms with van der Waals surface area (Å²) in [7, 11) is 2.09. The lowest BCUT2D eigenvalue weighted by Gasteiger charge is -2.39. The van der Waals surface area contributed by atoms with Gasteiger partial charge in [-0.1, -0.05) is 13.8 Å². The van der Waals surface area contributed by atoms with Crippen LogP contribution in [-0.2, 0) is 19.1 Å². The van der Waals surface area contributed by atoms with E-state index in [4.69, 9.17) is 0 Å². The maximum Gasteiger partial charge on any atom is 0.431 e. The molecular weight excluding hydrogens is 384 g/mol. The molecule has 1 aliphatic rings. The first-order valence-electron chi connectivity index (χ1n) is 7.71. The van der Waals surface area contributed by atoms with Gasteiger partial charge in [0, 0.05) is 13.0 Å². The Labute approximate surface area is 151 Å². The van der Waals surface area contributed by atoms with Crippen molar-refractivity contribution < 1.29 is 45.4 Å². The summed E-state index contributed by atoms with van der Waals surface area (Å²) < 4.78 is 90.4. The topological polar surface area (TPSA) is 55.8 Å². The molecule has 0 fully saturated rings. The summed E-state index contributed by atoms with van der Waals surface area (Å²) in [5.41, 5.74) is -5.76. The molecule has 0 saturated heterocycles. The van der Waals surface area contributed by atoms with Crippen molar-refractivity contribution in [3.05, 3.63) is 22.5 Å². The van der Waals surface area contributed by atoms with Gasteiger partial charge in [0.25, 0.3) is 0 Å². The van der Waals surface area contributed by atoms with E-state index < -0.39 is 58.7 Å². The Morgan fingerprint density at radius 1 is 0.926 bits per heavy atom. The third-order valence-corrected chi connectivity index (χ3v) is 3.93. The quantitative estimate of drug-likeness (QED) is 0.531. The van der Waals surface area contributed by atoms with Crippen molar-refractivity contribution >= 4 is 11.9 Å². The molecule has 1 rings (SSSR count). The molecule has 0 saturated carbocycles. The van der Waals surface area contributed by atoms with E-state index in [0.29, 0.717) is 7.05 Å². The van der Waals surface area contributed by atoms with Crippen LogP contribution in [-0.4, -0.2) is 50.5 Å². The van der Waals surface area contributed by atoms with E-state index >= 15 is 0 Å². The molecule has 0 N–H and O–H groups in total. The van der Waals surface area contributed by atoms with Crippen LogP contribution in [0.1, 0.15) is 20.3 Å². The van der Waals surface area contributed by atoms with Crippen molar-refractivity contribution in [2.45, 2.75) is 32.6 Å². The van der Waals surface area contributed by atoms with Gasteiger partial charge in [0.05, 0.1) is 25.4 Å². The van der Waals surface area contributed by atoms with Crippen LogP contribution in [0.3, 0.4) is 0 Å². The summed E-state index contributed by atoms with van der Waals surface area (Å²) in [6.45, 7) is 3.06. The van der Waals surface area contributed by atoms with Gasteiger partial charge in [-0.15, -0.1) is 0 Å². The summed E-state index contributed by atoms with van der Waals surface area (Å²) in [4.78, 5) is 24.0. The molecule has 0 unspecified atom stereocenters. The number of nitrogens with zero attached hydrogens (tertiary/aromatic N) is 1. The number of alkyl halides is 6. The molecule has 0 atom stereocenters. The van der Waals surface area contributed by atoms with Crippen LogP contribution in [0.2, 0.25) is 0 Å². The van der Waals surface area contributed by atoms with E-state index in [-0.39, 0.29) is 11.3 Å². The van der Waals surface area contributed by atoms with Gasteiger partial charge in [0.1, 0.15) is 11.4 Å². The number of hydrogen-bond acceptors (Lipinski definition) is 5. The number of esters is 2. The molecule has 0 aromatic heterocycles. The molecule has 27 heavy (non-hydrogen) atoms. The van der Waals surface area contributed by atoms with Gasteiger partial charge >= 0.3 is 24.3 Å². The second-order valence-electron chi connectivity index (χ2n) is 6.24. The average molecular weight is 403 g/mol. The van der Waals surface area contributed by atoms with E-state index in [1.807, 2.05) is 0 Å². The third kappa shape index (κ3) is 4.56. The summed E-state index contributed by atoms with van der Waals surface area (Å²) in [5.74, 6) is -5.18. The summed E-state index contributed by atoms with van der Waals surface area (Å²) in [5, 5.41) is 0. The van der Waals surface area contributed by atoms with E-state index in [1.54, 1.807) is 0 Å². The first-order chi connectivity index (χ1) is 12.2. The molecule has 1 heterocycles. The number of allylic oxidation sites excluding steroid dienone is 2. The van der Waals surface area contributed by atoms with Crippen LogP contribution >= 0.6 is 0 Å². The van der Waals surface area contributed by atoms with Gasteiger partial charge in [-0.2, -0.15) is 26.3 Å². The minimum Gasteiger partial charge on any atom is -0.466 e. The molecule has 5 nitrogen and oxygen atoms in total. The second-order valence-corrected chi connectivity index (χ2v) is 6.24. The molecule has 0 amide bonds. The zero-order valence-electron chi connectivity index (χ0n) is 15.2. The standard InChI is InChI=1S/C16H19F6NO4/c1-7(2)6-8-9(13(24)26-4)11(15(17,18)19)23(3)12(16(20,21)22)10(8)14(25)27-5/h7-8H,6H2,1-5H3. The molecular formula is C16H19F6NO4. The smallest absolute Gasteiger partial charge is 0.431 e. The summed E-state index contributed by atoms with van der Waals surface area (Å²) in [6, 6.07) is 0. The Balaban J connectivity index is 4.00. The Morgan fingerprint density at radius 2 is 1.26 bits per heavy atom. The normalized spacial score (nSPS) is 17.0. The average Bonchev–Trinajstić information content (AvgIpc) is 2.50. The van der Waals surface area contributed by atoms with Gasteiger partial charge in [-0.3, -0.25) is 0 Å². The zero-order chi connectivity index (χ0) is 21.3. The molecule has 11 heteroatoms. The Bertz CT molecular complexity index is 623. The van der Waals surface area contributed by atoms with Crippen molar-refractivity contribution in [2.24, 2.45) is 11.8 Å². The Hall–Kier alpha value is -2.20. The van der Waals surface area contributed by atoms with Gasteiger partial charge in [0.2, 0.25) is 0 Å². The number of ether oxygens (including phenoxy) is 2. The van der Waals surface area contributed by atoms with Crippen LogP contribution < -0.4 is 0 Å². The van der Waals surface area contributed by atoms with Gasteiger partial charge < -0.3 is 14.4 Å². The monoisotopic (exact) mass is 403 g/mol. The lowest BCUT2D eigenvalue weighted by molar-refractivity contribution is -0.148. The molecule has 0 aliphatic carbocycles. The minimum absolute atomic E-state index is 0.241. The number of methoxy groups -OCH3 is 2. The highest BCUT2D eigenvalue weighted by molar-refractivity contribution is 5.98. The zero-order valence-corrected chi connectivity index (χ0v) is 15.2. The fraction of sp³-hybridized carbons (Fsp3) is 0.625. The van der Waals surface area contributed by atoms with Gasteiger partial charge in [-0.25, -0.2) is 9.59 Å². The maximum absolute atomic E-state index is 13.6. The number of hydrogen-bond donors (Lipinski definition) is 0. The fourth-order valence-electron chi connectivity index (χ4n) is 3.04. The second kappa shape index (κ2) is 7.81. The van der Waals surface area contributed by atoms with Crippen molar-refractivity contribution in [2.75, 3.05) is 21.3 Å². The lowest BCUT2D eigenvalue weighted by Crippen LogP contribution is -2.44. The summed E-state index contributed by atoms with van der Waals surface area (Å²) >= 11 is 0. The molecule has 1 aliphatic heterocycles. The molecule has 0 aromatic carbocycles. The van der Waals surface area contributed by atoms with Crippen molar-refractivity contribution in [3.8, 4) is 0 Å². The van der Waals surface area contributed by atoms with Crippen molar-refractivity contribution in [1.29, 1.82) is 0 Å². The summed E-state index contributed by atoms with van der Waals surface area (Å²) in [6.07, 6.45) is -10.9. The number of rotatable bonds is 4.